The largest absolute Gasteiger partial charge is 0.486 e. The van der Waals surface area contributed by atoms with Crippen LogP contribution in [0.15, 0.2) is 24.5 Å². The molecule has 1 N–H and O–H groups in total. The lowest BCUT2D eigenvalue weighted by Crippen LogP contribution is -2.24. The molecule has 1 aromatic carbocycles. The van der Waals surface area contributed by atoms with Gasteiger partial charge in [-0.3, -0.25) is 0 Å². The molecular formula is C16H22N4O2. The molecule has 0 radical (unpaired) electrons. The number of ether oxygens (including phenoxy) is 2. The van der Waals surface area contributed by atoms with Crippen LogP contribution in [0.25, 0.3) is 0 Å². The quantitative estimate of drug-likeness (QED) is 0.884. The Hall–Kier alpha value is -2.08. The fraction of sp³-hybridized carbons (Fsp3) is 0.500. The van der Waals surface area contributed by atoms with Crippen molar-refractivity contribution in [2.75, 3.05) is 19.8 Å². The number of hydrogen-bond donors (Lipinski definition) is 1. The highest BCUT2D eigenvalue weighted by atomic mass is 16.6. The van der Waals surface area contributed by atoms with Crippen molar-refractivity contribution in [2.24, 2.45) is 0 Å². The van der Waals surface area contributed by atoms with Crippen molar-refractivity contribution in [3.05, 3.63) is 35.9 Å². The van der Waals surface area contributed by atoms with Gasteiger partial charge in [0, 0.05) is 25.6 Å². The maximum absolute atomic E-state index is 5.63. The summed E-state index contributed by atoms with van der Waals surface area (Å²) in [5.74, 6) is 2.69. The van der Waals surface area contributed by atoms with Crippen molar-refractivity contribution in [3.63, 3.8) is 0 Å². The average Bonchev–Trinajstić information content (AvgIpc) is 3.01. The second kappa shape index (κ2) is 6.79. The van der Waals surface area contributed by atoms with Crippen LogP contribution in [0.5, 0.6) is 11.5 Å². The van der Waals surface area contributed by atoms with Gasteiger partial charge < -0.3 is 19.4 Å². The normalized spacial score (nSPS) is 14.8. The third-order valence-electron chi connectivity index (χ3n) is 3.88. The van der Waals surface area contributed by atoms with Crippen molar-refractivity contribution in [3.8, 4) is 11.5 Å². The SMILES string of the molecule is CCc1nncn1CCN[C@@H](C)c1ccc2c(c1)OCCO2. The fourth-order valence-electron chi connectivity index (χ4n) is 2.59. The minimum Gasteiger partial charge on any atom is -0.486 e. The van der Waals surface area contributed by atoms with Crippen molar-refractivity contribution < 1.29 is 9.47 Å². The van der Waals surface area contributed by atoms with Crippen LogP contribution in [0.2, 0.25) is 0 Å². The fourth-order valence-corrected chi connectivity index (χ4v) is 2.59. The molecule has 0 aliphatic carbocycles. The van der Waals surface area contributed by atoms with Gasteiger partial charge in [-0.1, -0.05) is 13.0 Å². The standard InChI is InChI=1S/C16H22N4O2/c1-3-16-19-18-11-20(16)7-6-17-12(2)13-4-5-14-15(10-13)22-9-8-21-14/h4-5,10-12,17H,3,6-9H2,1-2H3/t12-/m0/s1. The van der Waals surface area contributed by atoms with E-state index in [1.807, 2.05) is 6.07 Å². The Morgan fingerprint density at radius 1 is 1.27 bits per heavy atom. The van der Waals surface area contributed by atoms with Crippen LogP contribution in [0.3, 0.4) is 0 Å². The highest BCUT2D eigenvalue weighted by Gasteiger charge is 2.14. The predicted octanol–water partition coefficient (Wildman–Crippen LogP) is 1.96. The lowest BCUT2D eigenvalue weighted by molar-refractivity contribution is 0.171. The van der Waals surface area contributed by atoms with E-state index >= 15 is 0 Å². The molecule has 6 nitrogen and oxygen atoms in total. The summed E-state index contributed by atoms with van der Waals surface area (Å²) in [6, 6.07) is 6.37. The second-order valence-corrected chi connectivity index (χ2v) is 5.37. The first-order valence-corrected chi connectivity index (χ1v) is 7.77. The summed E-state index contributed by atoms with van der Waals surface area (Å²) in [5, 5.41) is 11.6. The van der Waals surface area contributed by atoms with E-state index in [1.54, 1.807) is 6.33 Å². The summed E-state index contributed by atoms with van der Waals surface area (Å²) in [4.78, 5) is 0. The van der Waals surface area contributed by atoms with Gasteiger partial charge in [0.25, 0.3) is 0 Å². The van der Waals surface area contributed by atoms with Crippen LogP contribution in [0.4, 0.5) is 0 Å². The predicted molar refractivity (Wildman–Crippen MR) is 83.2 cm³/mol. The number of nitrogens with one attached hydrogen (secondary N) is 1. The van der Waals surface area contributed by atoms with Gasteiger partial charge in [-0.05, 0) is 24.6 Å². The summed E-state index contributed by atoms with van der Waals surface area (Å²) >= 11 is 0. The van der Waals surface area contributed by atoms with Gasteiger partial charge in [0.2, 0.25) is 0 Å². The maximum atomic E-state index is 5.63. The molecule has 0 bridgehead atoms. The first kappa shape index (κ1) is 14.8. The highest BCUT2D eigenvalue weighted by molar-refractivity contribution is 5.44. The molecule has 1 aromatic heterocycles. The number of hydrogen-bond acceptors (Lipinski definition) is 5. The molecular weight excluding hydrogens is 280 g/mol. The van der Waals surface area contributed by atoms with Gasteiger partial charge in [-0.25, -0.2) is 0 Å². The molecule has 0 amide bonds. The minimum absolute atomic E-state index is 0.248. The first-order chi connectivity index (χ1) is 10.8. The molecule has 0 spiro atoms. The Morgan fingerprint density at radius 2 is 2.09 bits per heavy atom. The Morgan fingerprint density at radius 3 is 2.91 bits per heavy atom. The number of benzene rings is 1. The Balaban J connectivity index is 1.56. The molecule has 0 saturated carbocycles. The van der Waals surface area contributed by atoms with E-state index in [1.165, 1.54) is 5.56 Å². The van der Waals surface area contributed by atoms with Gasteiger partial charge in [0.05, 0.1) is 0 Å². The molecule has 118 valence electrons. The summed E-state index contributed by atoms with van der Waals surface area (Å²) < 4.78 is 13.3. The van der Waals surface area contributed by atoms with Crippen molar-refractivity contribution in [1.82, 2.24) is 20.1 Å². The van der Waals surface area contributed by atoms with Crippen LogP contribution in [-0.2, 0) is 13.0 Å². The van der Waals surface area contributed by atoms with Crippen LogP contribution in [-0.4, -0.2) is 34.5 Å². The second-order valence-electron chi connectivity index (χ2n) is 5.37. The third kappa shape index (κ3) is 3.22. The summed E-state index contributed by atoms with van der Waals surface area (Å²) in [5.41, 5.74) is 1.20. The molecule has 0 unspecified atom stereocenters. The Kier molecular flexibility index (Phi) is 4.58. The number of aryl methyl sites for hydroxylation is 1. The topological polar surface area (TPSA) is 61.2 Å². The van der Waals surface area contributed by atoms with Crippen LogP contribution in [0.1, 0.15) is 31.3 Å². The Bertz CT molecular complexity index is 626. The molecule has 1 aliphatic rings. The molecule has 2 heterocycles. The zero-order chi connectivity index (χ0) is 15.4. The lowest BCUT2D eigenvalue weighted by atomic mass is 10.1. The number of rotatable bonds is 6. The zero-order valence-electron chi connectivity index (χ0n) is 13.1. The molecule has 6 heteroatoms. The Labute approximate surface area is 130 Å². The molecule has 2 aromatic rings. The zero-order valence-corrected chi connectivity index (χ0v) is 13.1. The molecule has 1 aliphatic heterocycles. The summed E-state index contributed by atoms with van der Waals surface area (Å²) in [6.07, 6.45) is 2.69. The number of nitrogens with zero attached hydrogens (tertiary/aromatic N) is 3. The smallest absolute Gasteiger partial charge is 0.161 e. The van der Waals surface area contributed by atoms with E-state index in [4.69, 9.17) is 9.47 Å². The number of aromatic nitrogens is 3. The van der Waals surface area contributed by atoms with E-state index in [2.05, 4.69) is 46.1 Å². The third-order valence-corrected chi connectivity index (χ3v) is 3.88. The van der Waals surface area contributed by atoms with Crippen LogP contribution < -0.4 is 14.8 Å². The first-order valence-electron chi connectivity index (χ1n) is 7.77. The van der Waals surface area contributed by atoms with Crippen molar-refractivity contribution in [1.29, 1.82) is 0 Å². The molecule has 3 rings (SSSR count). The van der Waals surface area contributed by atoms with Crippen LogP contribution >= 0.6 is 0 Å². The maximum Gasteiger partial charge on any atom is 0.161 e. The molecule has 0 saturated heterocycles. The van der Waals surface area contributed by atoms with E-state index in [-0.39, 0.29) is 6.04 Å². The van der Waals surface area contributed by atoms with E-state index in [0.29, 0.717) is 13.2 Å². The molecule has 22 heavy (non-hydrogen) atoms. The van der Waals surface area contributed by atoms with Gasteiger partial charge in [-0.2, -0.15) is 0 Å². The van der Waals surface area contributed by atoms with E-state index in [0.717, 1.165) is 36.8 Å². The van der Waals surface area contributed by atoms with Crippen molar-refractivity contribution in [2.45, 2.75) is 32.9 Å². The highest BCUT2D eigenvalue weighted by Crippen LogP contribution is 2.32. The minimum atomic E-state index is 0.248. The van der Waals surface area contributed by atoms with Gasteiger partial charge in [-0.15, -0.1) is 10.2 Å². The van der Waals surface area contributed by atoms with Gasteiger partial charge in [0.15, 0.2) is 11.5 Å². The summed E-state index contributed by atoms with van der Waals surface area (Å²) in [7, 11) is 0. The van der Waals surface area contributed by atoms with E-state index < -0.39 is 0 Å². The molecule has 0 fully saturated rings. The van der Waals surface area contributed by atoms with Crippen LogP contribution in [0, 0.1) is 0 Å². The average molecular weight is 302 g/mol. The van der Waals surface area contributed by atoms with E-state index in [9.17, 15) is 0 Å². The molecule has 1 atom stereocenters. The number of fused-ring (bicyclic) bond motifs is 1. The van der Waals surface area contributed by atoms with Gasteiger partial charge >= 0.3 is 0 Å². The monoisotopic (exact) mass is 302 g/mol. The lowest BCUT2D eigenvalue weighted by Gasteiger charge is -2.21. The summed E-state index contributed by atoms with van der Waals surface area (Å²) in [6.45, 7) is 7.21. The van der Waals surface area contributed by atoms with Gasteiger partial charge in [0.1, 0.15) is 25.4 Å². The van der Waals surface area contributed by atoms with Crippen molar-refractivity contribution >= 4 is 0 Å².